The minimum Gasteiger partial charge on any atom is -0.272 e. The zero-order valence-electron chi connectivity index (χ0n) is 9.95. The number of rotatable bonds is 2. The predicted octanol–water partition coefficient (Wildman–Crippen LogP) is 2.45. The van der Waals surface area contributed by atoms with Crippen molar-refractivity contribution >= 4 is 16.9 Å². The Bertz CT molecular complexity index is 751. The van der Waals surface area contributed by atoms with Crippen molar-refractivity contribution in [1.29, 1.82) is 0 Å². The first-order chi connectivity index (χ1) is 9.25. The van der Waals surface area contributed by atoms with Crippen molar-refractivity contribution in [2.45, 2.75) is 6.42 Å². The van der Waals surface area contributed by atoms with Gasteiger partial charge < -0.3 is 0 Å². The van der Waals surface area contributed by atoms with Crippen LogP contribution in [0.3, 0.4) is 0 Å². The molecule has 0 unspecified atom stereocenters. The van der Waals surface area contributed by atoms with Crippen molar-refractivity contribution in [3.8, 4) is 0 Å². The summed E-state index contributed by atoms with van der Waals surface area (Å²) < 4.78 is 14.7. The SMILES string of the molecule is O=C(Cc1ccccc1F)n1nnc2ccccc21. The van der Waals surface area contributed by atoms with Gasteiger partial charge in [0.2, 0.25) is 0 Å². The van der Waals surface area contributed by atoms with E-state index < -0.39 is 0 Å². The van der Waals surface area contributed by atoms with Crippen LogP contribution in [0.2, 0.25) is 0 Å². The Labute approximate surface area is 108 Å². The number of aromatic nitrogens is 3. The number of para-hydroxylation sites is 1. The Morgan fingerprint density at radius 1 is 1.11 bits per heavy atom. The van der Waals surface area contributed by atoms with Gasteiger partial charge in [0.25, 0.3) is 5.91 Å². The largest absolute Gasteiger partial charge is 0.272 e. The van der Waals surface area contributed by atoms with Crippen LogP contribution in [0.4, 0.5) is 4.39 Å². The number of carbonyl (C=O) groups excluding carboxylic acids is 1. The predicted molar refractivity (Wildman–Crippen MR) is 68.3 cm³/mol. The quantitative estimate of drug-likeness (QED) is 0.706. The third kappa shape index (κ3) is 2.10. The maximum atomic E-state index is 13.5. The van der Waals surface area contributed by atoms with Crippen LogP contribution in [-0.2, 0) is 6.42 Å². The van der Waals surface area contributed by atoms with Crippen LogP contribution in [0.25, 0.3) is 11.0 Å². The van der Waals surface area contributed by atoms with Crippen molar-refractivity contribution < 1.29 is 9.18 Å². The molecule has 3 aromatic rings. The maximum Gasteiger partial charge on any atom is 0.253 e. The second-order valence-corrected chi connectivity index (χ2v) is 4.15. The molecule has 94 valence electrons. The average molecular weight is 255 g/mol. The minimum absolute atomic E-state index is 0.0416. The molecule has 0 saturated carbocycles. The van der Waals surface area contributed by atoms with Crippen molar-refractivity contribution in [3.05, 3.63) is 59.9 Å². The Morgan fingerprint density at radius 2 is 1.84 bits per heavy atom. The van der Waals surface area contributed by atoms with Crippen LogP contribution in [0.5, 0.6) is 0 Å². The highest BCUT2D eigenvalue weighted by molar-refractivity contribution is 5.89. The Balaban J connectivity index is 1.95. The molecule has 0 saturated heterocycles. The first-order valence-electron chi connectivity index (χ1n) is 5.83. The number of hydrogen-bond donors (Lipinski definition) is 0. The molecule has 0 bridgehead atoms. The zero-order valence-corrected chi connectivity index (χ0v) is 9.95. The Morgan fingerprint density at radius 3 is 2.68 bits per heavy atom. The molecule has 5 heteroatoms. The normalized spacial score (nSPS) is 10.8. The van der Waals surface area contributed by atoms with E-state index in [4.69, 9.17) is 0 Å². The molecular formula is C14H10FN3O. The molecule has 3 rings (SSSR count). The van der Waals surface area contributed by atoms with E-state index in [-0.39, 0.29) is 18.1 Å². The zero-order chi connectivity index (χ0) is 13.2. The van der Waals surface area contributed by atoms with Crippen LogP contribution in [0.15, 0.2) is 48.5 Å². The molecule has 0 spiro atoms. The first kappa shape index (κ1) is 11.5. The summed E-state index contributed by atoms with van der Waals surface area (Å²) in [5.41, 5.74) is 1.63. The molecule has 19 heavy (non-hydrogen) atoms. The lowest BCUT2D eigenvalue weighted by Crippen LogP contribution is -2.15. The summed E-state index contributed by atoms with van der Waals surface area (Å²) in [5.74, 6) is -0.695. The van der Waals surface area contributed by atoms with Gasteiger partial charge in [0, 0.05) is 0 Å². The van der Waals surface area contributed by atoms with E-state index in [0.717, 1.165) is 0 Å². The van der Waals surface area contributed by atoms with Crippen LogP contribution < -0.4 is 0 Å². The van der Waals surface area contributed by atoms with Gasteiger partial charge in [-0.25, -0.2) is 4.39 Å². The summed E-state index contributed by atoms with van der Waals surface area (Å²) in [6, 6.07) is 13.4. The molecule has 1 aromatic heterocycles. The molecule has 0 aliphatic rings. The van der Waals surface area contributed by atoms with Crippen molar-refractivity contribution in [3.63, 3.8) is 0 Å². The van der Waals surface area contributed by atoms with Gasteiger partial charge in [-0.1, -0.05) is 35.5 Å². The van der Waals surface area contributed by atoms with Gasteiger partial charge >= 0.3 is 0 Å². The standard InChI is InChI=1S/C14H10FN3O/c15-11-6-2-1-5-10(11)9-14(19)18-13-8-4-3-7-12(13)16-17-18/h1-8H,9H2. The third-order valence-electron chi connectivity index (χ3n) is 2.89. The van der Waals surface area contributed by atoms with E-state index >= 15 is 0 Å². The Kier molecular flexibility index (Phi) is 2.79. The molecule has 0 atom stereocenters. The molecule has 2 aromatic carbocycles. The van der Waals surface area contributed by atoms with Gasteiger partial charge in [-0.3, -0.25) is 4.79 Å². The fourth-order valence-electron chi connectivity index (χ4n) is 1.93. The van der Waals surface area contributed by atoms with Crippen molar-refractivity contribution in [2.24, 2.45) is 0 Å². The number of hydrogen-bond acceptors (Lipinski definition) is 3. The maximum absolute atomic E-state index is 13.5. The minimum atomic E-state index is -0.389. The number of nitrogens with zero attached hydrogens (tertiary/aromatic N) is 3. The smallest absolute Gasteiger partial charge is 0.253 e. The van der Waals surface area contributed by atoms with E-state index in [1.807, 2.05) is 6.07 Å². The number of halogens is 1. The molecule has 0 N–H and O–H groups in total. The van der Waals surface area contributed by atoms with Gasteiger partial charge in [0.05, 0.1) is 11.9 Å². The fraction of sp³-hybridized carbons (Fsp3) is 0.0714. The summed E-state index contributed by atoms with van der Waals surface area (Å²) >= 11 is 0. The highest BCUT2D eigenvalue weighted by Crippen LogP contribution is 2.12. The average Bonchev–Trinajstić information content (AvgIpc) is 2.85. The van der Waals surface area contributed by atoms with E-state index in [9.17, 15) is 9.18 Å². The number of benzene rings is 2. The Hall–Kier alpha value is -2.56. The second-order valence-electron chi connectivity index (χ2n) is 4.15. The van der Waals surface area contributed by atoms with E-state index in [0.29, 0.717) is 16.6 Å². The van der Waals surface area contributed by atoms with Gasteiger partial charge in [-0.2, -0.15) is 4.68 Å². The molecule has 0 aliphatic heterocycles. The van der Waals surface area contributed by atoms with E-state index in [1.54, 1.807) is 36.4 Å². The highest BCUT2D eigenvalue weighted by atomic mass is 19.1. The third-order valence-corrected chi connectivity index (χ3v) is 2.89. The van der Waals surface area contributed by atoms with E-state index in [1.165, 1.54) is 10.7 Å². The monoisotopic (exact) mass is 255 g/mol. The van der Waals surface area contributed by atoms with Gasteiger partial charge in [-0.05, 0) is 23.8 Å². The lowest BCUT2D eigenvalue weighted by atomic mass is 10.1. The topological polar surface area (TPSA) is 47.8 Å². The fourth-order valence-corrected chi connectivity index (χ4v) is 1.93. The van der Waals surface area contributed by atoms with Crippen LogP contribution in [0, 0.1) is 5.82 Å². The number of carbonyl (C=O) groups is 1. The van der Waals surface area contributed by atoms with Gasteiger partial charge in [0.1, 0.15) is 11.3 Å². The van der Waals surface area contributed by atoms with Crippen LogP contribution in [-0.4, -0.2) is 20.9 Å². The van der Waals surface area contributed by atoms with Gasteiger partial charge in [0.15, 0.2) is 0 Å². The molecule has 0 aliphatic carbocycles. The molecule has 0 radical (unpaired) electrons. The van der Waals surface area contributed by atoms with E-state index in [2.05, 4.69) is 10.3 Å². The lowest BCUT2D eigenvalue weighted by molar-refractivity contribution is 0.0900. The first-order valence-corrected chi connectivity index (χ1v) is 5.83. The van der Waals surface area contributed by atoms with Gasteiger partial charge in [-0.15, -0.1) is 5.10 Å². The molecule has 0 amide bonds. The molecular weight excluding hydrogens is 245 g/mol. The molecule has 0 fully saturated rings. The van der Waals surface area contributed by atoms with Crippen LogP contribution >= 0.6 is 0 Å². The van der Waals surface area contributed by atoms with Crippen LogP contribution in [0.1, 0.15) is 10.4 Å². The van der Waals surface area contributed by atoms with Crippen molar-refractivity contribution in [2.75, 3.05) is 0 Å². The summed E-state index contributed by atoms with van der Waals surface area (Å²) in [6.45, 7) is 0. The second kappa shape index (κ2) is 4.61. The summed E-state index contributed by atoms with van der Waals surface area (Å²) in [6.07, 6.45) is -0.0416. The van der Waals surface area contributed by atoms with Crippen molar-refractivity contribution in [1.82, 2.24) is 15.0 Å². The number of fused-ring (bicyclic) bond motifs is 1. The summed E-state index contributed by atoms with van der Waals surface area (Å²) in [5, 5.41) is 7.72. The molecule has 4 nitrogen and oxygen atoms in total. The highest BCUT2D eigenvalue weighted by Gasteiger charge is 2.13. The summed E-state index contributed by atoms with van der Waals surface area (Å²) in [4.78, 5) is 12.1. The molecule has 1 heterocycles. The lowest BCUT2D eigenvalue weighted by Gasteiger charge is -2.02. The summed E-state index contributed by atoms with van der Waals surface area (Å²) in [7, 11) is 0.